The molecule has 1 aliphatic carbocycles. The zero-order valence-corrected chi connectivity index (χ0v) is 62.6. The van der Waals surface area contributed by atoms with Gasteiger partial charge in [0.05, 0.1) is 0 Å². The summed E-state index contributed by atoms with van der Waals surface area (Å²) in [4.78, 5) is 0. The Morgan fingerprint density at radius 2 is 0.452 bits per heavy atom. The molecule has 0 aromatic heterocycles. The molecule has 0 bridgehead atoms. The van der Waals surface area contributed by atoms with E-state index in [1.807, 2.05) is 205 Å². The fourth-order valence-corrected chi connectivity index (χ4v) is 53.2. The fourth-order valence-electron chi connectivity index (χ4n) is 7.27. The van der Waals surface area contributed by atoms with E-state index in [2.05, 4.69) is 43.2 Å². The smallest absolute Gasteiger partial charge is 0.374 e. The van der Waals surface area contributed by atoms with Gasteiger partial charge in [-0.1, -0.05) is 86.4 Å². The molecule has 0 aromatic carbocycles. The predicted octanol–water partition coefficient (Wildman–Crippen LogP) is 19.0. The molecule has 0 N–H and O–H groups in total. The average Bonchev–Trinajstić information content (AvgIpc) is 3.70. The summed E-state index contributed by atoms with van der Waals surface area (Å²) >= 11 is 0. The monoisotopic (exact) mass is 1400 g/mol. The maximum absolute atomic E-state index is 6.16. The molecule has 0 aliphatic heterocycles. The summed E-state index contributed by atoms with van der Waals surface area (Å²) in [5, 5.41) is 0. The van der Waals surface area contributed by atoms with E-state index in [1.54, 1.807) is 0 Å². The van der Waals surface area contributed by atoms with Gasteiger partial charge < -0.3 is 53.1 Å². The quantitative estimate of drug-likeness (QED) is 0.0249. The van der Waals surface area contributed by atoms with Crippen molar-refractivity contribution in [1.82, 2.24) is 0 Å². The normalized spacial score (nSPS) is 15.3. The molecule has 1 aliphatic rings. The van der Waals surface area contributed by atoms with Crippen LogP contribution in [-0.4, -0.2) is 146 Å². The Hall–Kier alpha value is 5.99. The largest absolute Gasteiger partial charge is 0.500 e. The van der Waals surface area contributed by atoms with Gasteiger partial charge in [0, 0.05) is 126 Å². The van der Waals surface area contributed by atoms with Crippen molar-refractivity contribution in [2.45, 2.75) is 160 Å². The molecule has 12 nitrogen and oxygen atoms in total. The summed E-state index contributed by atoms with van der Waals surface area (Å²) in [5.74, 6) is 4.04. The SMILES string of the molecule is CCO[Si](CCCSSSSC1(SSSSCCC[Si](OCC)(OCC)OCC)CCCC1(SSSSCCC[Si](OCC)(OCC)OCC)SSSSCCC[Si](OCC)(OCC)OCC)(OCC)OCC. The van der Waals surface area contributed by atoms with Gasteiger partial charge in [0.25, 0.3) is 0 Å². The summed E-state index contributed by atoms with van der Waals surface area (Å²) in [6, 6.07) is 3.35. The molecule has 73 heavy (non-hydrogen) atoms. The Morgan fingerprint density at radius 1 is 0.274 bits per heavy atom. The van der Waals surface area contributed by atoms with Crippen molar-refractivity contribution in [3.05, 3.63) is 0 Å². The first-order chi connectivity index (χ1) is 35.5. The first kappa shape index (κ1) is 77.0. The third-order valence-electron chi connectivity index (χ3n) is 9.78. The Labute approximate surface area is 509 Å². The first-order valence-electron chi connectivity index (χ1n) is 25.7. The predicted molar refractivity (Wildman–Crippen MR) is 360 cm³/mol. The van der Waals surface area contributed by atoms with E-state index in [1.165, 1.54) is 6.42 Å². The minimum absolute atomic E-state index is 0.0491. The third-order valence-corrected chi connectivity index (χ3v) is 53.1. The van der Waals surface area contributed by atoms with Crippen LogP contribution in [0.15, 0.2) is 0 Å². The molecule has 0 radical (unpaired) electrons. The van der Waals surface area contributed by atoms with E-state index in [-0.39, 0.29) is 8.16 Å². The zero-order chi connectivity index (χ0) is 53.9. The van der Waals surface area contributed by atoms with Gasteiger partial charge in [0.15, 0.2) is 0 Å². The topological polar surface area (TPSA) is 111 Å². The van der Waals surface area contributed by atoms with Crippen molar-refractivity contribution in [1.29, 1.82) is 0 Å². The van der Waals surface area contributed by atoms with Crippen molar-refractivity contribution in [3.63, 3.8) is 0 Å². The zero-order valence-electron chi connectivity index (χ0n) is 45.5. The van der Waals surface area contributed by atoms with Crippen LogP contribution in [0.4, 0.5) is 0 Å². The molecule has 32 heteroatoms. The molecule has 0 spiro atoms. The Kier molecular flexibility index (Phi) is 51.8. The minimum Gasteiger partial charge on any atom is -0.374 e. The number of hydrogen-bond acceptors (Lipinski definition) is 28. The molecular formula is C41H90O12S16Si4. The maximum Gasteiger partial charge on any atom is 0.500 e. The van der Waals surface area contributed by atoms with E-state index in [0.717, 1.165) is 85.7 Å². The first-order valence-corrected chi connectivity index (χ1v) is 53.4. The molecular weight excluding hydrogens is 1310 g/mol. The van der Waals surface area contributed by atoms with E-state index in [4.69, 9.17) is 53.1 Å². The lowest BCUT2D eigenvalue weighted by molar-refractivity contribution is 0.0704. The van der Waals surface area contributed by atoms with Gasteiger partial charge in [-0.05, 0) is 207 Å². The van der Waals surface area contributed by atoms with Crippen molar-refractivity contribution in [2.24, 2.45) is 0 Å². The second-order valence-electron chi connectivity index (χ2n) is 14.9. The lowest BCUT2D eigenvalue weighted by Gasteiger charge is -2.41. The maximum atomic E-state index is 6.16. The Morgan fingerprint density at radius 3 is 0.616 bits per heavy atom. The fraction of sp³-hybridized carbons (Fsp3) is 1.00. The van der Waals surface area contributed by atoms with Gasteiger partial charge >= 0.3 is 35.2 Å². The minimum atomic E-state index is -2.66. The van der Waals surface area contributed by atoms with Crippen LogP contribution in [0, 0.1) is 0 Å². The van der Waals surface area contributed by atoms with Gasteiger partial charge in [0.1, 0.15) is 8.16 Å². The van der Waals surface area contributed by atoms with Crippen LogP contribution in [0.5, 0.6) is 0 Å². The highest BCUT2D eigenvalue weighted by Gasteiger charge is 2.59. The lowest BCUT2D eigenvalue weighted by atomic mass is 10.3. The molecule has 0 aromatic rings. The lowest BCUT2D eigenvalue weighted by Crippen LogP contribution is -2.46. The highest BCUT2D eigenvalue weighted by molar-refractivity contribution is 9.31. The number of rotatable bonds is 56. The second-order valence-corrected chi connectivity index (χ2v) is 51.3. The molecule has 438 valence electrons. The molecule has 1 rings (SSSR count). The van der Waals surface area contributed by atoms with E-state index < -0.39 is 35.2 Å². The highest BCUT2D eigenvalue weighted by Crippen LogP contribution is 2.77. The summed E-state index contributed by atoms with van der Waals surface area (Å²) in [7, 11) is 20.9. The van der Waals surface area contributed by atoms with Gasteiger partial charge in [0.2, 0.25) is 0 Å². The van der Waals surface area contributed by atoms with Crippen LogP contribution in [0.1, 0.15) is 128 Å². The van der Waals surface area contributed by atoms with Gasteiger partial charge in [-0.15, -0.1) is 0 Å². The van der Waals surface area contributed by atoms with Crippen molar-refractivity contribution in [2.75, 3.05) is 102 Å². The third kappa shape index (κ3) is 31.8. The summed E-state index contributed by atoms with van der Waals surface area (Å²) in [6.07, 6.45) is 7.44. The summed E-state index contributed by atoms with van der Waals surface area (Å²) in [5.41, 5.74) is 0. The van der Waals surface area contributed by atoms with Crippen molar-refractivity contribution < 1.29 is 53.1 Å². The van der Waals surface area contributed by atoms with Gasteiger partial charge in [-0.2, -0.15) is 0 Å². The van der Waals surface area contributed by atoms with Crippen LogP contribution >= 0.6 is 165 Å². The van der Waals surface area contributed by atoms with Crippen LogP contribution in [0.25, 0.3) is 0 Å². The molecule has 0 heterocycles. The highest BCUT2D eigenvalue weighted by atomic mass is 33.7. The molecule has 1 saturated carbocycles. The van der Waals surface area contributed by atoms with E-state index >= 15 is 0 Å². The van der Waals surface area contributed by atoms with E-state index in [0.29, 0.717) is 79.3 Å². The van der Waals surface area contributed by atoms with Crippen LogP contribution in [-0.2, 0) is 53.1 Å². The Bertz CT molecular complexity index is 1050. The molecule has 0 saturated heterocycles. The summed E-state index contributed by atoms with van der Waals surface area (Å²) < 4.78 is 73.8. The molecule has 0 amide bonds. The number of hydrogen-bond donors (Lipinski definition) is 0. The average molecular weight is 1400 g/mol. The van der Waals surface area contributed by atoms with E-state index in [9.17, 15) is 0 Å². The van der Waals surface area contributed by atoms with Gasteiger partial charge in [-0.3, -0.25) is 0 Å². The summed E-state index contributed by atoms with van der Waals surface area (Å²) in [6.45, 7) is 31.6. The molecule has 0 atom stereocenters. The standard InChI is InChI=1S/C41H90O12S16Si4/c1-13-42-70(43-14-2,44-15-3)36-26-32-54-62-66-58-40(59-67-63-55-33-27-37-71(45-16-4,46-17-5)47-18-6)30-25-31-41(40,60-68-64-56-34-28-38-72(48-19-7,49-20-8)50-21-9)61-69-65-57-35-29-39-73(51-22-10,52-23-11)53-24-12/h13-39H2,1-12H3. The van der Waals surface area contributed by atoms with Gasteiger partial charge in [-0.25, -0.2) is 0 Å². The van der Waals surface area contributed by atoms with Crippen LogP contribution in [0.2, 0.25) is 24.2 Å². The van der Waals surface area contributed by atoms with Crippen molar-refractivity contribution in [3.8, 4) is 0 Å². The van der Waals surface area contributed by atoms with Crippen molar-refractivity contribution >= 4 is 200 Å². The molecule has 1 fully saturated rings. The molecule has 0 unspecified atom stereocenters. The van der Waals surface area contributed by atoms with Crippen LogP contribution < -0.4 is 0 Å². The van der Waals surface area contributed by atoms with Crippen LogP contribution in [0.3, 0.4) is 0 Å². The Balaban J connectivity index is 3.27. The second kappa shape index (κ2) is 49.1.